The molecular weight excluding hydrogens is 496 g/mol. The first-order chi connectivity index (χ1) is 17.5. The molecule has 1 aliphatic carbocycles. The molecule has 4 rings (SSSR count). The molecule has 1 aliphatic rings. The summed E-state index contributed by atoms with van der Waals surface area (Å²) in [6, 6.07) is 12.4. The molecule has 1 fully saturated rings. The maximum absolute atomic E-state index is 14.6. The number of alkyl halides is 2. The van der Waals surface area contributed by atoms with Crippen LogP contribution in [0.15, 0.2) is 47.4 Å². The predicted molar refractivity (Wildman–Crippen MR) is 151 cm³/mol. The topological polar surface area (TPSA) is 78.7 Å². The minimum absolute atomic E-state index is 0.0783. The number of aromatic nitrogens is 1. The molecule has 0 aliphatic heterocycles. The summed E-state index contributed by atoms with van der Waals surface area (Å²) in [6.07, 6.45) is 0.575. The van der Waals surface area contributed by atoms with Gasteiger partial charge in [-0.1, -0.05) is 23.7 Å². The molecule has 2 atom stereocenters. The number of fused-ring (bicyclic) bond motifs is 1. The number of halogens is 2. The molecule has 9 heteroatoms. The lowest BCUT2D eigenvalue weighted by molar-refractivity contribution is -0.193. The zero-order chi connectivity index (χ0) is 26.8. The summed E-state index contributed by atoms with van der Waals surface area (Å²) in [6.45, 7) is -0.452. The van der Waals surface area contributed by atoms with Crippen LogP contribution in [0.1, 0.15) is 25.0 Å². The maximum Gasteiger partial charge on any atom is 0.166 e. The van der Waals surface area contributed by atoms with Crippen molar-refractivity contribution >= 4 is 43.2 Å². The highest BCUT2D eigenvalue weighted by molar-refractivity contribution is 8.27. The number of nitrogens with zero attached hydrogens (tertiary/aromatic N) is 1. The molecule has 3 aromatic rings. The minimum atomic E-state index is -1.98. The Bertz CT molecular complexity index is 1450. The molecule has 198 valence electrons. The van der Waals surface area contributed by atoms with Gasteiger partial charge in [0.05, 0.1) is 36.6 Å². The number of rotatable bonds is 7. The Morgan fingerprint density at radius 3 is 2.68 bits per heavy atom. The van der Waals surface area contributed by atoms with Gasteiger partial charge in [0.25, 0.3) is 0 Å². The summed E-state index contributed by atoms with van der Waals surface area (Å²) in [5, 5.41) is 26.6. The van der Waals surface area contributed by atoms with Crippen molar-refractivity contribution in [3.8, 4) is 17.6 Å². The Morgan fingerprint density at radius 2 is 2.00 bits per heavy atom. The first-order valence-corrected chi connectivity index (χ1v) is 14.3. The van der Waals surface area contributed by atoms with Crippen LogP contribution in [0.5, 0.6) is 5.75 Å². The lowest BCUT2D eigenvalue weighted by atomic mass is 9.88. The van der Waals surface area contributed by atoms with Crippen molar-refractivity contribution in [2.75, 3.05) is 30.5 Å². The van der Waals surface area contributed by atoms with Crippen molar-refractivity contribution in [2.24, 2.45) is 0 Å². The van der Waals surface area contributed by atoms with E-state index in [2.05, 4.69) is 34.2 Å². The lowest BCUT2D eigenvalue weighted by Crippen LogP contribution is -2.45. The van der Waals surface area contributed by atoms with Crippen LogP contribution < -0.4 is 15.4 Å². The maximum atomic E-state index is 14.6. The van der Waals surface area contributed by atoms with Crippen molar-refractivity contribution in [2.45, 2.75) is 49.0 Å². The third kappa shape index (κ3) is 6.04. The predicted octanol–water partition coefficient (Wildman–Crippen LogP) is 4.68. The van der Waals surface area contributed by atoms with Crippen LogP contribution in [0, 0.1) is 11.8 Å². The van der Waals surface area contributed by atoms with E-state index in [9.17, 15) is 19.0 Å². The smallest absolute Gasteiger partial charge is 0.166 e. The number of hydrogen-bond acceptors (Lipinski definition) is 5. The second-order valence-corrected chi connectivity index (χ2v) is 12.6. The zero-order valence-electron chi connectivity index (χ0n) is 21.1. The fourth-order valence-electron chi connectivity index (χ4n) is 4.53. The Hall–Kier alpha value is -3.19. The standard InChI is InChI=1S/C28H33F2N3O3S/c1-36-27-16-20(37(2,3)4)10-11-25(27)31-14-6-7-19-15-21-23(8-5-9-26(21)33(19)18-29)32-24-12-13-28(34,35)17-22(24)30/h5,8-11,15-16,22,24,31-32,34-35H,2-3,12-14,17-18H2,1,4H3. The van der Waals surface area contributed by atoms with Crippen molar-refractivity contribution in [3.63, 3.8) is 0 Å². The van der Waals surface area contributed by atoms with E-state index in [1.54, 1.807) is 31.4 Å². The molecule has 6 nitrogen and oxygen atoms in total. The lowest BCUT2D eigenvalue weighted by Gasteiger charge is -2.35. The SMILES string of the molecule is C=S(=C)(C)c1ccc(NCC#Cc2cc3c(NC4CCC(O)(O)CC4F)cccc3n2CF)c(OC)c1. The second-order valence-electron chi connectivity index (χ2n) is 9.60. The highest BCUT2D eigenvalue weighted by atomic mass is 32.2. The van der Waals surface area contributed by atoms with E-state index in [0.717, 1.165) is 16.0 Å². The van der Waals surface area contributed by atoms with Crippen LogP contribution in [0.2, 0.25) is 0 Å². The zero-order valence-corrected chi connectivity index (χ0v) is 21.9. The average molecular weight is 530 g/mol. The van der Waals surface area contributed by atoms with Crippen LogP contribution in [0.25, 0.3) is 10.9 Å². The van der Waals surface area contributed by atoms with Crippen molar-refractivity contribution < 1.29 is 23.7 Å². The normalized spacial score (nSPS) is 19.2. The summed E-state index contributed by atoms with van der Waals surface area (Å²) < 4.78 is 35.5. The van der Waals surface area contributed by atoms with E-state index < -0.39 is 34.0 Å². The minimum Gasteiger partial charge on any atom is -0.495 e. The van der Waals surface area contributed by atoms with Gasteiger partial charge < -0.3 is 30.2 Å². The molecular formula is C28H33F2N3O3S. The van der Waals surface area contributed by atoms with Gasteiger partial charge in [-0.25, -0.2) is 8.78 Å². The third-order valence-electron chi connectivity index (χ3n) is 6.55. The van der Waals surface area contributed by atoms with E-state index in [-0.39, 0.29) is 19.3 Å². The largest absolute Gasteiger partial charge is 0.495 e. The Kier molecular flexibility index (Phi) is 7.74. The fraction of sp³-hybridized carbons (Fsp3) is 0.357. The van der Waals surface area contributed by atoms with Gasteiger partial charge in [-0.15, -0.1) is 0 Å². The molecule has 0 radical (unpaired) electrons. The van der Waals surface area contributed by atoms with Gasteiger partial charge in [-0.2, -0.15) is 9.21 Å². The van der Waals surface area contributed by atoms with Crippen molar-refractivity contribution in [1.82, 2.24) is 4.57 Å². The molecule has 0 spiro atoms. The first kappa shape index (κ1) is 26.9. The number of methoxy groups -OCH3 is 1. The highest BCUT2D eigenvalue weighted by Gasteiger charge is 2.38. The summed E-state index contributed by atoms with van der Waals surface area (Å²) in [5.41, 5.74) is 2.56. The quantitative estimate of drug-likeness (QED) is 0.203. The van der Waals surface area contributed by atoms with Crippen LogP contribution >= 0.6 is 9.21 Å². The van der Waals surface area contributed by atoms with Crippen LogP contribution in [-0.2, 0) is 6.80 Å². The Balaban J connectivity index is 1.53. The summed E-state index contributed by atoms with van der Waals surface area (Å²) in [5.74, 6) is 13.0. The van der Waals surface area contributed by atoms with Crippen LogP contribution in [-0.4, -0.2) is 64.4 Å². The molecule has 37 heavy (non-hydrogen) atoms. The van der Waals surface area contributed by atoms with E-state index >= 15 is 0 Å². The molecule has 0 bridgehead atoms. The van der Waals surface area contributed by atoms with Crippen LogP contribution in [0.3, 0.4) is 0 Å². The first-order valence-electron chi connectivity index (χ1n) is 11.9. The van der Waals surface area contributed by atoms with E-state index in [4.69, 9.17) is 4.74 Å². The average Bonchev–Trinajstić information content (AvgIpc) is 3.21. The molecule has 0 amide bonds. The molecule has 2 unspecified atom stereocenters. The molecule has 1 aromatic heterocycles. The van der Waals surface area contributed by atoms with Crippen molar-refractivity contribution in [3.05, 3.63) is 48.2 Å². The van der Waals surface area contributed by atoms with Gasteiger partial charge in [-0.05, 0) is 59.9 Å². The number of nitrogens with one attached hydrogen (secondary N) is 2. The second kappa shape index (κ2) is 10.7. The molecule has 4 N–H and O–H groups in total. The monoisotopic (exact) mass is 529 g/mol. The highest BCUT2D eigenvalue weighted by Crippen LogP contribution is 2.35. The summed E-state index contributed by atoms with van der Waals surface area (Å²) in [7, 11) is 0.222. The molecule has 2 aromatic carbocycles. The summed E-state index contributed by atoms with van der Waals surface area (Å²) in [4.78, 5) is 1.03. The Morgan fingerprint density at radius 1 is 1.22 bits per heavy atom. The molecule has 1 heterocycles. The van der Waals surface area contributed by atoms with E-state index in [1.807, 2.05) is 24.5 Å². The molecule has 0 saturated heterocycles. The van der Waals surface area contributed by atoms with Gasteiger partial charge in [0.15, 0.2) is 12.6 Å². The van der Waals surface area contributed by atoms with Gasteiger partial charge in [0, 0.05) is 23.9 Å². The summed E-state index contributed by atoms with van der Waals surface area (Å²) >= 11 is 0. The number of hydrogen-bond donors (Lipinski definition) is 4. The molecule has 1 saturated carbocycles. The number of ether oxygens (including phenoxy) is 1. The van der Waals surface area contributed by atoms with Gasteiger partial charge in [0.2, 0.25) is 0 Å². The van der Waals surface area contributed by atoms with Gasteiger partial charge in [-0.3, -0.25) is 0 Å². The van der Waals surface area contributed by atoms with E-state index in [0.29, 0.717) is 29.2 Å². The third-order valence-corrected chi connectivity index (χ3v) is 7.94. The number of benzene rings is 2. The van der Waals surface area contributed by atoms with E-state index in [1.165, 1.54) is 4.57 Å². The fourth-order valence-corrected chi connectivity index (χ4v) is 5.32. The van der Waals surface area contributed by atoms with Gasteiger partial charge in [0.1, 0.15) is 11.9 Å². The van der Waals surface area contributed by atoms with Crippen molar-refractivity contribution in [1.29, 1.82) is 0 Å². The Labute approximate surface area is 216 Å². The number of anilines is 2. The number of aliphatic hydroxyl groups is 2. The van der Waals surface area contributed by atoms with Crippen LogP contribution in [0.4, 0.5) is 20.2 Å². The van der Waals surface area contributed by atoms with Gasteiger partial charge >= 0.3 is 0 Å².